The van der Waals surface area contributed by atoms with Crippen molar-refractivity contribution in [2.45, 2.75) is 62.6 Å². The molecule has 0 heterocycles. The first kappa shape index (κ1) is 31.3. The second kappa shape index (κ2) is 14.1. The first-order valence-electron chi connectivity index (χ1n) is 13.4. The molecule has 1 saturated carbocycles. The zero-order valence-electron chi connectivity index (χ0n) is 22.6. The fraction of sp³-hybridized carbons (Fsp3) is 0.333. The van der Waals surface area contributed by atoms with Crippen molar-refractivity contribution in [1.29, 1.82) is 0 Å². The fourth-order valence-corrected chi connectivity index (χ4v) is 7.08. The lowest BCUT2D eigenvalue weighted by molar-refractivity contribution is -0.139. The summed E-state index contributed by atoms with van der Waals surface area (Å²) in [7, 11) is -4.14. The quantitative estimate of drug-likeness (QED) is 0.255. The Labute approximate surface area is 260 Å². The van der Waals surface area contributed by atoms with E-state index in [0.29, 0.717) is 21.3 Å². The van der Waals surface area contributed by atoms with E-state index in [1.807, 2.05) is 0 Å². The van der Waals surface area contributed by atoms with Crippen LogP contribution in [-0.4, -0.2) is 43.8 Å². The molecule has 1 N–H and O–H groups in total. The van der Waals surface area contributed by atoms with Crippen molar-refractivity contribution in [3.63, 3.8) is 0 Å². The third kappa shape index (κ3) is 7.83. The summed E-state index contributed by atoms with van der Waals surface area (Å²) in [5.41, 5.74) is 0.781. The lowest BCUT2D eigenvalue weighted by Crippen LogP contribution is -2.53. The van der Waals surface area contributed by atoms with Crippen molar-refractivity contribution in [1.82, 2.24) is 10.2 Å². The minimum Gasteiger partial charge on any atom is -0.352 e. The van der Waals surface area contributed by atoms with E-state index < -0.39 is 28.5 Å². The Morgan fingerprint density at radius 3 is 2.15 bits per heavy atom. The summed E-state index contributed by atoms with van der Waals surface area (Å²) in [6, 6.07) is 18.7. The molecule has 0 aromatic heterocycles. The topological polar surface area (TPSA) is 86.8 Å². The summed E-state index contributed by atoms with van der Waals surface area (Å²) >= 11 is 16.3. The van der Waals surface area contributed by atoms with Gasteiger partial charge in [-0.15, -0.1) is 0 Å². The summed E-state index contributed by atoms with van der Waals surface area (Å²) < 4.78 is 29.5. The number of nitrogens with one attached hydrogen (secondary N) is 1. The summed E-state index contributed by atoms with van der Waals surface area (Å²) in [6.07, 6.45) is 4.98. The van der Waals surface area contributed by atoms with Gasteiger partial charge in [0.2, 0.25) is 11.8 Å². The predicted molar refractivity (Wildman–Crippen MR) is 167 cm³/mol. The van der Waals surface area contributed by atoms with Gasteiger partial charge in [-0.1, -0.05) is 82.7 Å². The summed E-state index contributed by atoms with van der Waals surface area (Å²) in [6.45, 7) is 1.02. The van der Waals surface area contributed by atoms with Crippen molar-refractivity contribution in [3.8, 4) is 0 Å². The molecule has 0 aliphatic heterocycles. The van der Waals surface area contributed by atoms with E-state index in [9.17, 15) is 18.0 Å². The molecule has 2 amide bonds. The molecule has 0 spiro atoms. The number of anilines is 1. The zero-order valence-corrected chi connectivity index (χ0v) is 26.5. The average molecular weight is 681 g/mol. The van der Waals surface area contributed by atoms with Crippen LogP contribution in [0.5, 0.6) is 0 Å². The van der Waals surface area contributed by atoms with Gasteiger partial charge in [0, 0.05) is 32.7 Å². The highest BCUT2D eigenvalue weighted by molar-refractivity contribution is 9.10. The van der Waals surface area contributed by atoms with Gasteiger partial charge in [0.15, 0.2) is 0 Å². The van der Waals surface area contributed by atoms with Gasteiger partial charge in [-0.05, 0) is 68.3 Å². The molecule has 7 nitrogen and oxygen atoms in total. The van der Waals surface area contributed by atoms with Crippen LogP contribution in [0.4, 0.5) is 5.69 Å². The molecule has 218 valence electrons. The van der Waals surface area contributed by atoms with Gasteiger partial charge in [0.05, 0.1) is 10.6 Å². The van der Waals surface area contributed by atoms with Crippen LogP contribution in [0.25, 0.3) is 0 Å². The molecule has 1 atom stereocenters. The molecule has 41 heavy (non-hydrogen) atoms. The third-order valence-electron chi connectivity index (χ3n) is 7.23. The lowest BCUT2D eigenvalue weighted by atomic mass is 9.95. The number of halogens is 3. The van der Waals surface area contributed by atoms with Crippen LogP contribution in [0.1, 0.15) is 44.6 Å². The summed E-state index contributed by atoms with van der Waals surface area (Å²) in [5, 5.41) is 3.77. The van der Waals surface area contributed by atoms with Crippen molar-refractivity contribution >= 4 is 66.7 Å². The largest absolute Gasteiger partial charge is 0.352 e. The van der Waals surface area contributed by atoms with Gasteiger partial charge in [-0.2, -0.15) is 0 Å². The average Bonchev–Trinajstić information content (AvgIpc) is 2.97. The van der Waals surface area contributed by atoms with Gasteiger partial charge < -0.3 is 10.2 Å². The van der Waals surface area contributed by atoms with Gasteiger partial charge in [0.1, 0.15) is 12.6 Å². The van der Waals surface area contributed by atoms with Gasteiger partial charge in [0.25, 0.3) is 10.0 Å². The molecule has 1 aliphatic rings. The predicted octanol–water partition coefficient (Wildman–Crippen LogP) is 6.82. The number of hydrogen-bond donors (Lipinski definition) is 1. The van der Waals surface area contributed by atoms with E-state index in [1.165, 1.54) is 17.0 Å². The minimum atomic E-state index is -4.14. The normalized spacial score (nSPS) is 14.7. The highest BCUT2D eigenvalue weighted by Gasteiger charge is 2.33. The number of rotatable bonds is 10. The van der Waals surface area contributed by atoms with E-state index in [1.54, 1.807) is 67.6 Å². The fourth-order valence-electron chi connectivity index (χ4n) is 4.86. The number of hydrogen-bond acceptors (Lipinski definition) is 4. The summed E-state index contributed by atoms with van der Waals surface area (Å²) in [5.74, 6) is -0.885. The third-order valence-corrected chi connectivity index (χ3v) is 10.3. The van der Waals surface area contributed by atoms with Crippen LogP contribution in [0.3, 0.4) is 0 Å². The van der Waals surface area contributed by atoms with Crippen LogP contribution in [0, 0.1) is 0 Å². The first-order chi connectivity index (χ1) is 19.6. The SMILES string of the molecule is C[C@@H](C(=O)NC1CCCCC1)N(Cc1c(Cl)cccc1Cl)C(=O)CN(c1ccc(Br)cc1)S(=O)(=O)c1ccccc1. The Bertz CT molecular complexity index is 1450. The highest BCUT2D eigenvalue weighted by Crippen LogP contribution is 2.29. The van der Waals surface area contributed by atoms with E-state index in [-0.39, 0.29) is 23.4 Å². The van der Waals surface area contributed by atoms with Crippen molar-refractivity contribution in [2.75, 3.05) is 10.8 Å². The molecular formula is C30H32BrCl2N3O4S. The Morgan fingerprint density at radius 2 is 1.54 bits per heavy atom. The maximum Gasteiger partial charge on any atom is 0.264 e. The van der Waals surface area contributed by atoms with Crippen molar-refractivity contribution < 1.29 is 18.0 Å². The highest BCUT2D eigenvalue weighted by atomic mass is 79.9. The number of sulfonamides is 1. The van der Waals surface area contributed by atoms with E-state index in [0.717, 1.165) is 40.9 Å². The zero-order chi connectivity index (χ0) is 29.6. The molecule has 0 radical (unpaired) electrons. The maximum atomic E-state index is 14.1. The molecule has 0 unspecified atom stereocenters. The Balaban J connectivity index is 1.69. The molecule has 3 aromatic carbocycles. The second-order valence-corrected chi connectivity index (χ2v) is 13.6. The lowest BCUT2D eigenvalue weighted by Gasteiger charge is -2.33. The second-order valence-electron chi connectivity index (χ2n) is 10.0. The smallest absolute Gasteiger partial charge is 0.264 e. The standard InChI is InChI=1S/C30H32BrCl2N3O4S/c1-21(30(38)34-23-9-4-2-5-10-23)35(19-26-27(32)13-8-14-28(26)33)29(37)20-36(24-17-15-22(31)16-18-24)41(39,40)25-11-6-3-7-12-25/h3,6-8,11-18,21,23H,2,4-5,9-10,19-20H2,1H3,(H,34,38)/t21-/m0/s1. The molecule has 4 rings (SSSR count). The van der Waals surface area contributed by atoms with Gasteiger partial charge >= 0.3 is 0 Å². The van der Waals surface area contributed by atoms with Crippen LogP contribution in [0.2, 0.25) is 10.0 Å². The molecule has 0 bridgehead atoms. The monoisotopic (exact) mass is 679 g/mol. The van der Waals surface area contributed by atoms with Gasteiger partial charge in [-0.25, -0.2) is 8.42 Å². The number of carbonyl (C=O) groups excluding carboxylic acids is 2. The van der Waals surface area contributed by atoms with Crippen LogP contribution < -0.4 is 9.62 Å². The Kier molecular flexibility index (Phi) is 10.7. The minimum absolute atomic E-state index is 0.0391. The van der Waals surface area contributed by atoms with Crippen molar-refractivity contribution in [3.05, 3.63) is 92.9 Å². The summed E-state index contributed by atoms with van der Waals surface area (Å²) in [4.78, 5) is 28.9. The molecule has 11 heteroatoms. The van der Waals surface area contributed by atoms with Crippen LogP contribution in [-0.2, 0) is 26.2 Å². The maximum absolute atomic E-state index is 14.1. The van der Waals surface area contributed by atoms with Crippen molar-refractivity contribution in [2.24, 2.45) is 0 Å². The number of carbonyl (C=O) groups is 2. The van der Waals surface area contributed by atoms with E-state index in [4.69, 9.17) is 23.2 Å². The molecular weight excluding hydrogens is 649 g/mol. The number of amides is 2. The van der Waals surface area contributed by atoms with Crippen LogP contribution >= 0.6 is 39.1 Å². The molecule has 1 fully saturated rings. The molecule has 1 aliphatic carbocycles. The number of benzene rings is 3. The molecule has 3 aromatic rings. The van der Waals surface area contributed by atoms with Crippen LogP contribution in [0.15, 0.2) is 82.2 Å². The van der Waals surface area contributed by atoms with E-state index >= 15 is 0 Å². The molecule has 0 saturated heterocycles. The number of nitrogens with zero attached hydrogens (tertiary/aromatic N) is 2. The Hall–Kier alpha value is -2.59. The Morgan fingerprint density at radius 1 is 0.927 bits per heavy atom. The van der Waals surface area contributed by atoms with E-state index in [2.05, 4.69) is 21.2 Å². The first-order valence-corrected chi connectivity index (χ1v) is 16.4. The van der Waals surface area contributed by atoms with Gasteiger partial charge in [-0.3, -0.25) is 13.9 Å².